The van der Waals surface area contributed by atoms with E-state index in [2.05, 4.69) is 9.97 Å². The first kappa shape index (κ1) is 7.28. The van der Waals surface area contributed by atoms with Crippen LogP contribution in [0.4, 0.5) is 0 Å². The van der Waals surface area contributed by atoms with Crippen LogP contribution in [0.5, 0.6) is 6.01 Å². The molecule has 3 nitrogen and oxygen atoms in total. The van der Waals surface area contributed by atoms with E-state index in [4.69, 9.17) is 16.3 Å². The minimum absolute atomic E-state index is 0.368. The summed E-state index contributed by atoms with van der Waals surface area (Å²) in [4.78, 5) is 7.61. The van der Waals surface area contributed by atoms with Gasteiger partial charge in [-0.15, -0.1) is 0 Å². The maximum atomic E-state index is 5.53. The summed E-state index contributed by atoms with van der Waals surface area (Å²) in [5.41, 5.74) is 0. The Kier molecular flexibility index (Phi) is 2.45. The average Bonchev–Trinajstić information content (AvgIpc) is 1.95. The van der Waals surface area contributed by atoms with Crippen molar-refractivity contribution in [2.45, 2.75) is 6.92 Å². The third kappa shape index (κ3) is 1.84. The Hall–Kier alpha value is -0.830. The molecule has 0 saturated carbocycles. The molecule has 1 rings (SSSR count). The number of hydrogen-bond acceptors (Lipinski definition) is 3. The van der Waals surface area contributed by atoms with E-state index >= 15 is 0 Å². The highest BCUT2D eigenvalue weighted by molar-refractivity contribution is 6.30. The Morgan fingerprint density at radius 1 is 1.50 bits per heavy atom. The molecule has 0 atom stereocenters. The van der Waals surface area contributed by atoms with Gasteiger partial charge in [-0.2, -0.15) is 0 Å². The van der Waals surface area contributed by atoms with Crippen LogP contribution < -0.4 is 4.74 Å². The lowest BCUT2D eigenvalue weighted by Gasteiger charge is -1.97. The number of ether oxygens (including phenoxy) is 1. The van der Waals surface area contributed by atoms with Crippen molar-refractivity contribution in [2.24, 2.45) is 0 Å². The van der Waals surface area contributed by atoms with Gasteiger partial charge in [-0.1, -0.05) is 11.6 Å². The smallest absolute Gasteiger partial charge is 0.316 e. The first-order valence-corrected chi connectivity index (χ1v) is 3.31. The zero-order valence-corrected chi connectivity index (χ0v) is 6.30. The van der Waals surface area contributed by atoms with Gasteiger partial charge in [0.15, 0.2) is 0 Å². The summed E-state index contributed by atoms with van der Waals surface area (Å²) >= 11 is 5.53. The lowest BCUT2D eigenvalue weighted by atomic mass is 10.7. The standard InChI is InChI=1S/C6H7ClN2O/c1-2-10-6-8-3-5(7)4-9-6/h3-4H,2H2,1H3. The number of halogens is 1. The van der Waals surface area contributed by atoms with Crippen molar-refractivity contribution in [1.82, 2.24) is 9.97 Å². The zero-order chi connectivity index (χ0) is 7.40. The molecule has 0 aromatic carbocycles. The summed E-state index contributed by atoms with van der Waals surface area (Å²) in [6.45, 7) is 2.44. The van der Waals surface area contributed by atoms with Crippen LogP contribution >= 0.6 is 11.6 Å². The second-order valence-corrected chi connectivity index (χ2v) is 2.05. The maximum Gasteiger partial charge on any atom is 0.316 e. The molecule has 1 aromatic heterocycles. The fraction of sp³-hybridized carbons (Fsp3) is 0.333. The van der Waals surface area contributed by atoms with Crippen molar-refractivity contribution >= 4 is 11.6 Å². The van der Waals surface area contributed by atoms with Gasteiger partial charge >= 0.3 is 6.01 Å². The predicted molar refractivity (Wildman–Crippen MR) is 38.2 cm³/mol. The lowest BCUT2D eigenvalue weighted by Crippen LogP contribution is -1.95. The molecular weight excluding hydrogens is 152 g/mol. The van der Waals surface area contributed by atoms with Crippen LogP contribution in [0.15, 0.2) is 12.4 Å². The highest BCUT2D eigenvalue weighted by atomic mass is 35.5. The molecule has 10 heavy (non-hydrogen) atoms. The molecule has 54 valence electrons. The molecule has 0 aliphatic heterocycles. The van der Waals surface area contributed by atoms with Gasteiger partial charge in [0, 0.05) is 0 Å². The summed E-state index contributed by atoms with van der Waals surface area (Å²) in [5, 5.41) is 0.517. The summed E-state index contributed by atoms with van der Waals surface area (Å²) in [6, 6.07) is 0.368. The van der Waals surface area contributed by atoms with E-state index in [0.29, 0.717) is 17.6 Å². The second kappa shape index (κ2) is 3.37. The van der Waals surface area contributed by atoms with E-state index < -0.39 is 0 Å². The Morgan fingerprint density at radius 2 is 2.10 bits per heavy atom. The molecule has 0 N–H and O–H groups in total. The Bertz CT molecular complexity index is 199. The molecule has 1 heterocycles. The van der Waals surface area contributed by atoms with Gasteiger partial charge < -0.3 is 4.74 Å². The van der Waals surface area contributed by atoms with Gasteiger partial charge in [0.2, 0.25) is 0 Å². The molecule has 4 heteroatoms. The van der Waals surface area contributed by atoms with Crippen LogP contribution in [0.2, 0.25) is 5.02 Å². The normalized spacial score (nSPS) is 9.40. The first-order valence-electron chi connectivity index (χ1n) is 2.93. The molecule has 0 radical (unpaired) electrons. The van der Waals surface area contributed by atoms with Crippen molar-refractivity contribution in [3.63, 3.8) is 0 Å². The van der Waals surface area contributed by atoms with E-state index in [0.717, 1.165) is 0 Å². The third-order valence-corrected chi connectivity index (χ3v) is 1.07. The molecular formula is C6H7ClN2O. The molecule has 0 bridgehead atoms. The van der Waals surface area contributed by atoms with E-state index in [1.54, 1.807) is 0 Å². The largest absolute Gasteiger partial charge is 0.464 e. The molecule has 0 fully saturated rings. The van der Waals surface area contributed by atoms with Crippen molar-refractivity contribution < 1.29 is 4.74 Å². The van der Waals surface area contributed by atoms with Crippen molar-refractivity contribution in [3.8, 4) is 6.01 Å². The zero-order valence-electron chi connectivity index (χ0n) is 5.54. The van der Waals surface area contributed by atoms with Crippen LogP contribution in [-0.4, -0.2) is 16.6 Å². The summed E-state index contributed by atoms with van der Waals surface area (Å²) in [6.07, 6.45) is 3.00. The molecule has 0 saturated heterocycles. The molecule has 0 aliphatic carbocycles. The summed E-state index contributed by atoms with van der Waals surface area (Å²) in [5.74, 6) is 0. The second-order valence-electron chi connectivity index (χ2n) is 1.62. The summed E-state index contributed by atoms with van der Waals surface area (Å²) < 4.78 is 4.98. The van der Waals surface area contributed by atoms with Gasteiger partial charge in [-0.3, -0.25) is 0 Å². The molecule has 0 amide bonds. The van der Waals surface area contributed by atoms with E-state index in [9.17, 15) is 0 Å². The molecule has 0 spiro atoms. The number of hydrogen-bond donors (Lipinski definition) is 0. The highest BCUT2D eigenvalue weighted by Crippen LogP contribution is 2.06. The van der Waals surface area contributed by atoms with Crippen molar-refractivity contribution in [2.75, 3.05) is 6.61 Å². The Balaban J connectivity index is 2.69. The monoisotopic (exact) mass is 158 g/mol. The van der Waals surface area contributed by atoms with Crippen LogP contribution in [-0.2, 0) is 0 Å². The minimum Gasteiger partial charge on any atom is -0.464 e. The van der Waals surface area contributed by atoms with Crippen molar-refractivity contribution in [3.05, 3.63) is 17.4 Å². The molecule has 0 unspecified atom stereocenters. The SMILES string of the molecule is CCOc1ncc(Cl)cn1. The fourth-order valence-corrected chi connectivity index (χ4v) is 0.602. The minimum atomic E-state index is 0.368. The van der Waals surface area contributed by atoms with Crippen LogP contribution in [0.25, 0.3) is 0 Å². The number of rotatable bonds is 2. The van der Waals surface area contributed by atoms with Gasteiger partial charge in [0.25, 0.3) is 0 Å². The Labute approximate surface area is 64.0 Å². The summed E-state index contributed by atoms with van der Waals surface area (Å²) in [7, 11) is 0. The van der Waals surface area contributed by atoms with Crippen LogP contribution in [0.3, 0.4) is 0 Å². The Morgan fingerprint density at radius 3 is 2.60 bits per heavy atom. The third-order valence-electron chi connectivity index (χ3n) is 0.870. The van der Waals surface area contributed by atoms with E-state index in [-0.39, 0.29) is 0 Å². The van der Waals surface area contributed by atoms with Gasteiger partial charge in [0.1, 0.15) is 0 Å². The van der Waals surface area contributed by atoms with Crippen molar-refractivity contribution in [1.29, 1.82) is 0 Å². The van der Waals surface area contributed by atoms with Crippen LogP contribution in [0, 0.1) is 0 Å². The van der Waals surface area contributed by atoms with Gasteiger partial charge in [0.05, 0.1) is 24.0 Å². The number of aromatic nitrogens is 2. The molecule has 1 aromatic rings. The quantitative estimate of drug-likeness (QED) is 0.655. The highest BCUT2D eigenvalue weighted by Gasteiger charge is 1.92. The van der Waals surface area contributed by atoms with Crippen LogP contribution in [0.1, 0.15) is 6.92 Å². The van der Waals surface area contributed by atoms with Gasteiger partial charge in [-0.25, -0.2) is 9.97 Å². The first-order chi connectivity index (χ1) is 4.83. The number of nitrogens with zero attached hydrogens (tertiary/aromatic N) is 2. The predicted octanol–water partition coefficient (Wildman–Crippen LogP) is 1.53. The van der Waals surface area contributed by atoms with E-state index in [1.807, 2.05) is 6.92 Å². The van der Waals surface area contributed by atoms with Gasteiger partial charge in [-0.05, 0) is 6.92 Å². The van der Waals surface area contributed by atoms with E-state index in [1.165, 1.54) is 12.4 Å². The lowest BCUT2D eigenvalue weighted by molar-refractivity contribution is 0.312. The average molecular weight is 159 g/mol. The molecule has 0 aliphatic rings. The maximum absolute atomic E-state index is 5.53. The topological polar surface area (TPSA) is 35.0 Å². The fourth-order valence-electron chi connectivity index (χ4n) is 0.504.